The molecule has 2 nitrogen and oxygen atoms in total. The zero-order chi connectivity index (χ0) is 14.9. The second kappa shape index (κ2) is 6.31. The van der Waals surface area contributed by atoms with Crippen molar-refractivity contribution in [2.75, 3.05) is 5.88 Å². The molecular formula is C15H19Cl2FN2. The number of hydrogen-bond donors (Lipinski definition) is 0. The van der Waals surface area contributed by atoms with Crippen LogP contribution in [0.15, 0.2) is 12.1 Å². The van der Waals surface area contributed by atoms with E-state index in [1.807, 2.05) is 0 Å². The molecule has 0 aliphatic carbocycles. The Hall–Kier alpha value is -0.800. The zero-order valence-electron chi connectivity index (χ0n) is 12.0. The third-order valence-corrected chi connectivity index (χ3v) is 3.85. The molecule has 5 heteroatoms. The molecule has 1 atom stereocenters. The lowest BCUT2D eigenvalue weighted by Gasteiger charge is -2.19. The number of halogens is 3. The molecule has 0 radical (unpaired) electrons. The molecule has 0 bridgehead atoms. The number of aromatic nitrogens is 2. The van der Waals surface area contributed by atoms with E-state index >= 15 is 0 Å². The van der Waals surface area contributed by atoms with Gasteiger partial charge in [0.15, 0.2) is 0 Å². The molecule has 1 aromatic carbocycles. The summed E-state index contributed by atoms with van der Waals surface area (Å²) in [6.07, 6.45) is 1.67. The van der Waals surface area contributed by atoms with Crippen molar-refractivity contribution in [3.05, 3.63) is 28.8 Å². The molecule has 0 spiro atoms. The zero-order valence-corrected chi connectivity index (χ0v) is 13.5. The molecule has 1 unspecified atom stereocenters. The number of alkyl halides is 1. The summed E-state index contributed by atoms with van der Waals surface area (Å²) >= 11 is 11.7. The predicted molar refractivity (Wildman–Crippen MR) is 83.3 cm³/mol. The molecule has 0 saturated carbocycles. The van der Waals surface area contributed by atoms with Gasteiger partial charge in [-0.2, -0.15) is 0 Å². The van der Waals surface area contributed by atoms with Crippen LogP contribution in [0.1, 0.15) is 39.1 Å². The van der Waals surface area contributed by atoms with E-state index in [0.29, 0.717) is 18.2 Å². The molecule has 2 aromatic rings. The van der Waals surface area contributed by atoms with E-state index in [2.05, 4.69) is 30.3 Å². The van der Waals surface area contributed by atoms with Crippen LogP contribution >= 0.6 is 23.2 Å². The lowest BCUT2D eigenvalue weighted by Crippen LogP contribution is -2.12. The lowest BCUT2D eigenvalue weighted by atomic mass is 10.0. The largest absolute Gasteiger partial charge is 0.325 e. The molecular weight excluding hydrogens is 298 g/mol. The Bertz CT molecular complexity index is 607. The number of rotatable bonds is 5. The number of fused-ring (bicyclic) bond motifs is 1. The molecule has 0 fully saturated rings. The quantitative estimate of drug-likeness (QED) is 0.692. The Morgan fingerprint density at radius 1 is 1.30 bits per heavy atom. The maximum absolute atomic E-state index is 13.8. The Morgan fingerprint density at radius 3 is 2.60 bits per heavy atom. The highest BCUT2D eigenvalue weighted by molar-refractivity contribution is 6.31. The van der Waals surface area contributed by atoms with Crippen molar-refractivity contribution in [2.24, 2.45) is 5.92 Å². The molecule has 0 saturated heterocycles. The SMILES string of the molecule is CC(C)CC(C)n1c(CCCl)nc2cc(Cl)c(F)cc21. The first-order chi connectivity index (χ1) is 9.43. The van der Waals surface area contributed by atoms with Gasteiger partial charge in [-0.25, -0.2) is 9.37 Å². The molecule has 0 N–H and O–H groups in total. The summed E-state index contributed by atoms with van der Waals surface area (Å²) in [6.45, 7) is 6.48. The van der Waals surface area contributed by atoms with Crippen LogP contribution in [0.3, 0.4) is 0 Å². The highest BCUT2D eigenvalue weighted by Gasteiger charge is 2.18. The van der Waals surface area contributed by atoms with Crippen molar-refractivity contribution >= 4 is 34.2 Å². The second-order valence-electron chi connectivity index (χ2n) is 5.57. The van der Waals surface area contributed by atoms with Gasteiger partial charge in [-0.1, -0.05) is 25.4 Å². The second-order valence-corrected chi connectivity index (χ2v) is 6.36. The van der Waals surface area contributed by atoms with E-state index < -0.39 is 5.82 Å². The summed E-state index contributed by atoms with van der Waals surface area (Å²) in [4.78, 5) is 4.56. The van der Waals surface area contributed by atoms with Gasteiger partial charge in [-0.15, -0.1) is 11.6 Å². The summed E-state index contributed by atoms with van der Waals surface area (Å²) in [6, 6.07) is 3.31. The van der Waals surface area contributed by atoms with E-state index in [-0.39, 0.29) is 11.1 Å². The van der Waals surface area contributed by atoms with Crippen molar-refractivity contribution in [1.29, 1.82) is 0 Å². The molecule has 0 amide bonds. The highest BCUT2D eigenvalue weighted by atomic mass is 35.5. The normalized spacial score (nSPS) is 13.3. The van der Waals surface area contributed by atoms with Gasteiger partial charge in [0, 0.05) is 24.4 Å². The van der Waals surface area contributed by atoms with Crippen molar-refractivity contribution in [2.45, 2.75) is 39.7 Å². The molecule has 2 rings (SSSR count). The minimum absolute atomic E-state index is 0.107. The van der Waals surface area contributed by atoms with Crippen LogP contribution in [0.25, 0.3) is 11.0 Å². The van der Waals surface area contributed by atoms with Crippen molar-refractivity contribution in [1.82, 2.24) is 9.55 Å². The molecule has 1 heterocycles. The summed E-state index contributed by atoms with van der Waals surface area (Å²) < 4.78 is 15.8. The van der Waals surface area contributed by atoms with Gasteiger partial charge in [-0.05, 0) is 25.3 Å². The predicted octanol–water partition coefficient (Wildman–Crippen LogP) is 5.22. The van der Waals surface area contributed by atoms with Crippen LogP contribution in [-0.2, 0) is 6.42 Å². The molecule has 1 aromatic heterocycles. The first kappa shape index (κ1) is 15.6. The lowest BCUT2D eigenvalue weighted by molar-refractivity contribution is 0.426. The van der Waals surface area contributed by atoms with Crippen molar-refractivity contribution < 1.29 is 4.39 Å². The van der Waals surface area contributed by atoms with Crippen LogP contribution in [0, 0.1) is 11.7 Å². The van der Waals surface area contributed by atoms with Gasteiger partial charge in [0.2, 0.25) is 0 Å². The monoisotopic (exact) mass is 316 g/mol. The minimum Gasteiger partial charge on any atom is -0.325 e. The van der Waals surface area contributed by atoms with Crippen LogP contribution in [0.4, 0.5) is 4.39 Å². The fourth-order valence-corrected chi connectivity index (χ4v) is 3.01. The fourth-order valence-electron chi connectivity index (χ4n) is 2.68. The Balaban J connectivity index is 2.58. The Kier molecular flexibility index (Phi) is 4.92. The molecule has 0 aliphatic heterocycles. The molecule has 20 heavy (non-hydrogen) atoms. The Labute approximate surface area is 128 Å². The first-order valence-corrected chi connectivity index (χ1v) is 7.77. The van der Waals surface area contributed by atoms with Crippen molar-refractivity contribution in [3.8, 4) is 0 Å². The van der Waals surface area contributed by atoms with Crippen LogP contribution in [0.5, 0.6) is 0 Å². The third kappa shape index (κ3) is 3.09. The smallest absolute Gasteiger partial charge is 0.144 e. The number of benzene rings is 1. The number of nitrogens with zero attached hydrogens (tertiary/aromatic N) is 2. The topological polar surface area (TPSA) is 17.8 Å². The van der Waals surface area contributed by atoms with Crippen LogP contribution < -0.4 is 0 Å². The average molecular weight is 317 g/mol. The van der Waals surface area contributed by atoms with Gasteiger partial charge in [0.25, 0.3) is 0 Å². The van der Waals surface area contributed by atoms with Gasteiger partial charge in [0.05, 0.1) is 16.1 Å². The third-order valence-electron chi connectivity index (χ3n) is 3.38. The Morgan fingerprint density at radius 2 is 2.00 bits per heavy atom. The van der Waals surface area contributed by atoms with Gasteiger partial charge in [-0.3, -0.25) is 0 Å². The van der Waals surface area contributed by atoms with Gasteiger partial charge in [0.1, 0.15) is 11.6 Å². The number of imidazole rings is 1. The minimum atomic E-state index is -0.408. The van der Waals surface area contributed by atoms with E-state index in [0.717, 1.165) is 23.3 Å². The van der Waals surface area contributed by atoms with E-state index in [1.54, 1.807) is 6.07 Å². The molecule has 110 valence electrons. The summed E-state index contributed by atoms with van der Waals surface area (Å²) in [7, 11) is 0. The van der Waals surface area contributed by atoms with E-state index in [9.17, 15) is 4.39 Å². The fraction of sp³-hybridized carbons (Fsp3) is 0.533. The van der Waals surface area contributed by atoms with Gasteiger partial charge < -0.3 is 4.57 Å². The van der Waals surface area contributed by atoms with E-state index in [1.165, 1.54) is 6.07 Å². The van der Waals surface area contributed by atoms with E-state index in [4.69, 9.17) is 23.2 Å². The van der Waals surface area contributed by atoms with Crippen LogP contribution in [-0.4, -0.2) is 15.4 Å². The maximum atomic E-state index is 13.8. The molecule has 0 aliphatic rings. The summed E-state index contributed by atoms with van der Waals surface area (Å²) in [5.41, 5.74) is 1.52. The van der Waals surface area contributed by atoms with Gasteiger partial charge >= 0.3 is 0 Å². The van der Waals surface area contributed by atoms with Crippen molar-refractivity contribution in [3.63, 3.8) is 0 Å². The van der Waals surface area contributed by atoms with Crippen LogP contribution in [0.2, 0.25) is 5.02 Å². The summed E-state index contributed by atoms with van der Waals surface area (Å²) in [5.74, 6) is 1.54. The standard InChI is InChI=1S/C15H19Cl2FN2/c1-9(2)6-10(3)20-14-8-12(18)11(17)7-13(14)19-15(20)4-5-16/h7-10H,4-6H2,1-3H3. The number of hydrogen-bond acceptors (Lipinski definition) is 1. The number of aryl methyl sites for hydroxylation is 1. The summed E-state index contributed by atoms with van der Waals surface area (Å²) in [5, 5.41) is 0.107. The first-order valence-electron chi connectivity index (χ1n) is 6.85. The maximum Gasteiger partial charge on any atom is 0.144 e. The average Bonchev–Trinajstić information content (AvgIpc) is 2.67. The highest BCUT2D eigenvalue weighted by Crippen LogP contribution is 2.29.